The van der Waals surface area contributed by atoms with Gasteiger partial charge in [0, 0.05) is 23.6 Å². The predicted octanol–water partition coefficient (Wildman–Crippen LogP) is 2.00. The highest BCUT2D eigenvalue weighted by atomic mass is 35.5. The Kier molecular flexibility index (Phi) is 3.99. The first-order valence-corrected chi connectivity index (χ1v) is 8.06. The maximum atomic E-state index is 12.8. The fraction of sp³-hybridized carbons (Fsp3) is 0.400. The summed E-state index contributed by atoms with van der Waals surface area (Å²) in [6, 6.07) is 3.01. The van der Waals surface area contributed by atoms with Crippen molar-refractivity contribution in [3.63, 3.8) is 0 Å². The topological polar surface area (TPSA) is 92.4 Å². The number of morpholine rings is 1. The lowest BCUT2D eigenvalue weighted by Crippen LogP contribution is -2.45. The monoisotopic (exact) mass is 349 g/mol. The van der Waals surface area contributed by atoms with Gasteiger partial charge in [0.1, 0.15) is 23.9 Å². The van der Waals surface area contributed by atoms with Crippen molar-refractivity contribution in [3.05, 3.63) is 34.9 Å². The molecule has 9 heteroatoms. The highest BCUT2D eigenvalue weighted by molar-refractivity contribution is 6.31. The van der Waals surface area contributed by atoms with Crippen molar-refractivity contribution >= 4 is 23.3 Å². The molecule has 0 saturated carbocycles. The van der Waals surface area contributed by atoms with Crippen molar-refractivity contribution in [1.82, 2.24) is 20.1 Å². The molecule has 2 N–H and O–H groups in total. The van der Waals surface area contributed by atoms with Crippen molar-refractivity contribution in [2.75, 3.05) is 31.7 Å². The maximum Gasteiger partial charge on any atom is 0.322 e. The Morgan fingerprint density at radius 1 is 1.42 bits per heavy atom. The van der Waals surface area contributed by atoms with E-state index in [1.165, 1.54) is 6.33 Å². The molecule has 1 aromatic carbocycles. The molecule has 2 amide bonds. The molecule has 2 aliphatic heterocycles. The van der Waals surface area contributed by atoms with Gasteiger partial charge in [-0.25, -0.2) is 9.78 Å². The first kappa shape index (κ1) is 15.2. The highest BCUT2D eigenvalue weighted by Crippen LogP contribution is 2.37. The summed E-state index contributed by atoms with van der Waals surface area (Å²) in [6.07, 6.45) is 2.20. The van der Waals surface area contributed by atoms with Crippen LogP contribution in [0.3, 0.4) is 0 Å². The number of benzene rings is 1. The van der Waals surface area contributed by atoms with E-state index in [0.717, 1.165) is 12.0 Å². The van der Waals surface area contributed by atoms with Gasteiger partial charge in [-0.1, -0.05) is 11.6 Å². The number of halogens is 1. The van der Waals surface area contributed by atoms with Crippen LogP contribution in [0.5, 0.6) is 5.75 Å². The maximum absolute atomic E-state index is 12.8. The Labute approximate surface area is 143 Å². The average molecular weight is 350 g/mol. The second-order valence-corrected chi connectivity index (χ2v) is 6.06. The normalized spacial score (nSPS) is 19.7. The number of nitrogens with one attached hydrogen (secondary N) is 2. The van der Waals surface area contributed by atoms with E-state index >= 15 is 0 Å². The average Bonchev–Trinajstić information content (AvgIpc) is 3.26. The van der Waals surface area contributed by atoms with Crippen molar-refractivity contribution < 1.29 is 14.3 Å². The summed E-state index contributed by atoms with van der Waals surface area (Å²) in [4.78, 5) is 18.6. The molecular weight excluding hydrogens is 334 g/mol. The van der Waals surface area contributed by atoms with Crippen LogP contribution in [0.4, 0.5) is 10.5 Å². The van der Waals surface area contributed by atoms with E-state index in [9.17, 15) is 4.79 Å². The molecule has 1 aromatic heterocycles. The van der Waals surface area contributed by atoms with Crippen molar-refractivity contribution in [1.29, 1.82) is 0 Å². The number of hydrogen-bond donors (Lipinski definition) is 2. The minimum absolute atomic E-state index is 0.250. The summed E-state index contributed by atoms with van der Waals surface area (Å²) in [5, 5.41) is 10.1. The predicted molar refractivity (Wildman–Crippen MR) is 86.3 cm³/mol. The van der Waals surface area contributed by atoms with Crippen LogP contribution < -0.4 is 10.1 Å². The summed E-state index contributed by atoms with van der Waals surface area (Å²) in [6.45, 7) is 1.90. The molecule has 24 heavy (non-hydrogen) atoms. The molecule has 1 fully saturated rings. The Balaban J connectivity index is 1.57. The van der Waals surface area contributed by atoms with Gasteiger partial charge in [0.25, 0.3) is 0 Å². The minimum atomic E-state index is -0.311. The lowest BCUT2D eigenvalue weighted by atomic mass is 10.1. The number of fused-ring (bicyclic) bond motifs is 1. The molecule has 0 radical (unpaired) electrons. The third-order valence-corrected chi connectivity index (χ3v) is 4.35. The van der Waals surface area contributed by atoms with Gasteiger partial charge in [0.2, 0.25) is 0 Å². The van der Waals surface area contributed by atoms with Crippen molar-refractivity contribution in [2.45, 2.75) is 12.5 Å². The molecule has 1 saturated heterocycles. The molecule has 0 spiro atoms. The molecule has 126 valence electrons. The third kappa shape index (κ3) is 2.78. The van der Waals surface area contributed by atoms with Gasteiger partial charge in [-0.15, -0.1) is 0 Å². The Hall–Kier alpha value is -2.32. The van der Waals surface area contributed by atoms with Crippen LogP contribution >= 0.6 is 11.6 Å². The number of carbonyl (C=O) groups is 1. The summed E-state index contributed by atoms with van der Waals surface area (Å²) in [7, 11) is 0. The molecule has 0 bridgehead atoms. The number of amides is 2. The van der Waals surface area contributed by atoms with E-state index in [1.807, 2.05) is 6.07 Å². The highest BCUT2D eigenvalue weighted by Gasteiger charge is 2.31. The molecule has 1 atom stereocenters. The molecule has 3 heterocycles. The standard InChI is InChI=1S/C15H16ClN5O3/c16-10-5-9-1-3-24-13(9)11(6-10)19-15(22)21-2-4-23-7-12(21)14-17-8-18-20-14/h5-6,8,12H,1-4,7H2,(H,19,22)(H,17,18,20)/t12-/m0/s1. The SMILES string of the molecule is O=C(Nc1cc(Cl)cc2c1OCC2)N1CCOC[C@H]1c1ncn[nH]1. The van der Waals surface area contributed by atoms with E-state index in [0.29, 0.717) is 48.6 Å². The number of H-pyrrole nitrogens is 1. The Morgan fingerprint density at radius 2 is 2.33 bits per heavy atom. The van der Waals surface area contributed by atoms with E-state index in [-0.39, 0.29) is 12.1 Å². The minimum Gasteiger partial charge on any atom is -0.491 e. The first-order chi connectivity index (χ1) is 11.7. The van der Waals surface area contributed by atoms with Crippen LogP contribution in [-0.2, 0) is 11.2 Å². The summed E-state index contributed by atoms with van der Waals surface area (Å²) >= 11 is 6.14. The van der Waals surface area contributed by atoms with Crippen LogP contribution in [0.15, 0.2) is 18.5 Å². The molecule has 8 nitrogen and oxygen atoms in total. The van der Waals surface area contributed by atoms with Crippen LogP contribution in [0.1, 0.15) is 17.4 Å². The largest absolute Gasteiger partial charge is 0.491 e. The molecule has 0 unspecified atom stereocenters. The van der Waals surface area contributed by atoms with E-state index in [4.69, 9.17) is 21.1 Å². The van der Waals surface area contributed by atoms with Gasteiger partial charge in [0.05, 0.1) is 25.5 Å². The zero-order valence-electron chi connectivity index (χ0n) is 12.8. The summed E-state index contributed by atoms with van der Waals surface area (Å²) in [5.41, 5.74) is 1.59. The number of aromatic nitrogens is 3. The number of nitrogens with zero attached hydrogens (tertiary/aromatic N) is 3. The fourth-order valence-corrected chi connectivity index (χ4v) is 3.24. The number of carbonyl (C=O) groups excluding carboxylic acids is 1. The smallest absolute Gasteiger partial charge is 0.322 e. The van der Waals surface area contributed by atoms with E-state index < -0.39 is 0 Å². The molecule has 2 aliphatic rings. The van der Waals surface area contributed by atoms with Crippen LogP contribution in [0.25, 0.3) is 0 Å². The zero-order valence-corrected chi connectivity index (χ0v) is 13.5. The first-order valence-electron chi connectivity index (χ1n) is 7.68. The Bertz CT molecular complexity index is 752. The lowest BCUT2D eigenvalue weighted by Gasteiger charge is -2.34. The lowest BCUT2D eigenvalue weighted by molar-refractivity contribution is 0.0118. The van der Waals surface area contributed by atoms with Gasteiger partial charge in [-0.2, -0.15) is 5.10 Å². The summed E-state index contributed by atoms with van der Waals surface area (Å²) in [5.74, 6) is 1.29. The van der Waals surface area contributed by atoms with Gasteiger partial charge in [-0.05, 0) is 12.1 Å². The third-order valence-electron chi connectivity index (χ3n) is 4.13. The Morgan fingerprint density at radius 3 is 3.17 bits per heavy atom. The number of hydrogen-bond acceptors (Lipinski definition) is 5. The fourth-order valence-electron chi connectivity index (χ4n) is 3.00. The molecule has 4 rings (SSSR count). The zero-order chi connectivity index (χ0) is 16.5. The van der Waals surface area contributed by atoms with Crippen LogP contribution in [0.2, 0.25) is 5.02 Å². The van der Waals surface area contributed by atoms with Crippen molar-refractivity contribution in [3.8, 4) is 5.75 Å². The van der Waals surface area contributed by atoms with E-state index in [1.54, 1.807) is 11.0 Å². The summed E-state index contributed by atoms with van der Waals surface area (Å²) < 4.78 is 11.1. The van der Waals surface area contributed by atoms with Gasteiger partial charge in [-0.3, -0.25) is 5.10 Å². The second-order valence-electron chi connectivity index (χ2n) is 5.63. The van der Waals surface area contributed by atoms with Gasteiger partial charge < -0.3 is 19.7 Å². The van der Waals surface area contributed by atoms with E-state index in [2.05, 4.69) is 20.5 Å². The van der Waals surface area contributed by atoms with Crippen LogP contribution in [0, 0.1) is 0 Å². The second kappa shape index (κ2) is 6.29. The number of aromatic amines is 1. The van der Waals surface area contributed by atoms with Gasteiger partial charge >= 0.3 is 6.03 Å². The van der Waals surface area contributed by atoms with Gasteiger partial charge in [0.15, 0.2) is 0 Å². The number of rotatable bonds is 2. The number of ether oxygens (including phenoxy) is 2. The molecule has 0 aliphatic carbocycles. The number of anilines is 1. The molecule has 2 aromatic rings. The van der Waals surface area contributed by atoms with Crippen LogP contribution in [-0.4, -0.2) is 52.5 Å². The molecular formula is C15H16ClN5O3. The van der Waals surface area contributed by atoms with Crippen molar-refractivity contribution in [2.24, 2.45) is 0 Å². The quantitative estimate of drug-likeness (QED) is 0.865. The number of urea groups is 1.